The molecule has 2 rings (SSSR count). The summed E-state index contributed by atoms with van der Waals surface area (Å²) < 4.78 is 14.0. The second kappa shape index (κ2) is 6.02. The van der Waals surface area contributed by atoms with Crippen LogP contribution >= 0.6 is 11.8 Å². The van der Waals surface area contributed by atoms with Crippen LogP contribution in [0.5, 0.6) is 0 Å². The first kappa shape index (κ1) is 14.5. The minimum Gasteiger partial charge on any atom is -0.324 e. The maximum absolute atomic E-state index is 14.0. The van der Waals surface area contributed by atoms with Crippen molar-refractivity contribution < 1.29 is 9.31 Å². The molecule has 2 aromatic carbocycles. The summed E-state index contributed by atoms with van der Waals surface area (Å²) in [5.74, 6) is -0.428. The number of hydrogen-bond acceptors (Lipinski definition) is 4. The lowest BCUT2D eigenvalue weighted by Gasteiger charge is -2.08. The molecular formula is C14H13FN2O2S. The topological polar surface area (TPSA) is 69.2 Å². The lowest BCUT2D eigenvalue weighted by atomic mass is 10.1. The molecule has 0 aliphatic heterocycles. The summed E-state index contributed by atoms with van der Waals surface area (Å²) in [6.07, 6.45) is 0. The number of rotatable bonds is 4. The Morgan fingerprint density at radius 3 is 2.55 bits per heavy atom. The average Bonchev–Trinajstić information content (AvgIpc) is 2.41. The summed E-state index contributed by atoms with van der Waals surface area (Å²) in [6.45, 7) is 1.77. The van der Waals surface area contributed by atoms with Gasteiger partial charge in [-0.3, -0.25) is 10.1 Å². The zero-order chi connectivity index (χ0) is 14.7. The zero-order valence-corrected chi connectivity index (χ0v) is 11.6. The van der Waals surface area contributed by atoms with Crippen LogP contribution in [-0.2, 0) is 0 Å². The van der Waals surface area contributed by atoms with E-state index in [4.69, 9.17) is 5.73 Å². The molecule has 2 N–H and O–H groups in total. The molecule has 0 unspecified atom stereocenters. The fraction of sp³-hybridized carbons (Fsp3) is 0.143. The Kier molecular flexibility index (Phi) is 4.36. The molecular weight excluding hydrogens is 279 g/mol. The van der Waals surface area contributed by atoms with Gasteiger partial charge >= 0.3 is 0 Å². The number of halogens is 1. The van der Waals surface area contributed by atoms with Crippen LogP contribution in [0.3, 0.4) is 0 Å². The van der Waals surface area contributed by atoms with E-state index in [1.165, 1.54) is 12.1 Å². The van der Waals surface area contributed by atoms with Crippen molar-refractivity contribution in [2.75, 3.05) is 0 Å². The fourth-order valence-electron chi connectivity index (χ4n) is 1.70. The predicted octanol–water partition coefficient (Wildman–Crippen LogP) is 3.90. The van der Waals surface area contributed by atoms with Crippen molar-refractivity contribution in [3.8, 4) is 0 Å². The van der Waals surface area contributed by atoms with Crippen LogP contribution in [0.25, 0.3) is 0 Å². The normalized spacial score (nSPS) is 12.2. The van der Waals surface area contributed by atoms with E-state index in [0.717, 1.165) is 11.8 Å². The molecule has 0 saturated carbocycles. The maximum Gasteiger partial charge on any atom is 0.283 e. The summed E-state index contributed by atoms with van der Waals surface area (Å²) in [7, 11) is 0. The third kappa shape index (κ3) is 3.15. The molecule has 104 valence electrons. The molecule has 0 amide bonds. The van der Waals surface area contributed by atoms with E-state index in [9.17, 15) is 14.5 Å². The highest BCUT2D eigenvalue weighted by atomic mass is 32.2. The fourth-order valence-corrected chi connectivity index (χ4v) is 2.62. The summed E-state index contributed by atoms with van der Waals surface area (Å²) in [4.78, 5) is 11.2. The van der Waals surface area contributed by atoms with Crippen molar-refractivity contribution in [2.24, 2.45) is 5.73 Å². The molecule has 0 heterocycles. The molecule has 0 aromatic heterocycles. The molecule has 6 heteroatoms. The van der Waals surface area contributed by atoms with Crippen molar-refractivity contribution in [2.45, 2.75) is 22.8 Å². The number of nitro groups is 1. The van der Waals surface area contributed by atoms with Crippen molar-refractivity contribution in [3.63, 3.8) is 0 Å². The van der Waals surface area contributed by atoms with Crippen LogP contribution in [0, 0.1) is 15.9 Å². The first-order valence-corrected chi connectivity index (χ1v) is 6.77. The Labute approximate surface area is 119 Å². The van der Waals surface area contributed by atoms with E-state index in [0.29, 0.717) is 15.4 Å². The second-order valence-corrected chi connectivity index (χ2v) is 5.39. The maximum atomic E-state index is 14.0. The molecule has 4 nitrogen and oxygen atoms in total. The van der Waals surface area contributed by atoms with Gasteiger partial charge in [-0.05, 0) is 30.7 Å². The molecule has 0 spiro atoms. The van der Waals surface area contributed by atoms with Crippen LogP contribution in [0.15, 0.2) is 52.3 Å². The third-order valence-electron chi connectivity index (χ3n) is 2.76. The first-order valence-electron chi connectivity index (χ1n) is 5.95. The Morgan fingerprint density at radius 2 is 1.95 bits per heavy atom. The lowest BCUT2D eigenvalue weighted by molar-refractivity contribution is -0.387. The van der Waals surface area contributed by atoms with Gasteiger partial charge in [-0.25, -0.2) is 4.39 Å². The smallest absolute Gasteiger partial charge is 0.283 e. The van der Waals surface area contributed by atoms with E-state index < -0.39 is 10.7 Å². The van der Waals surface area contributed by atoms with Crippen molar-refractivity contribution in [3.05, 3.63) is 64.0 Å². The number of hydrogen-bond donors (Lipinski definition) is 1. The van der Waals surface area contributed by atoms with Gasteiger partial charge in [-0.2, -0.15) is 0 Å². The summed E-state index contributed by atoms with van der Waals surface area (Å²) in [5, 5.41) is 10.9. The quantitative estimate of drug-likeness (QED) is 0.685. The van der Waals surface area contributed by atoms with Gasteiger partial charge in [0.2, 0.25) is 0 Å². The van der Waals surface area contributed by atoms with Gasteiger partial charge in [0.05, 0.1) is 9.82 Å². The van der Waals surface area contributed by atoms with Crippen LogP contribution in [0.2, 0.25) is 0 Å². The first-order chi connectivity index (χ1) is 9.49. The molecule has 0 aliphatic rings. The largest absolute Gasteiger partial charge is 0.324 e. The monoisotopic (exact) mass is 292 g/mol. The van der Waals surface area contributed by atoms with Gasteiger partial charge in [-0.1, -0.05) is 30.0 Å². The van der Waals surface area contributed by atoms with Gasteiger partial charge in [0.1, 0.15) is 5.82 Å². The molecule has 20 heavy (non-hydrogen) atoms. The predicted molar refractivity (Wildman–Crippen MR) is 76.2 cm³/mol. The minimum atomic E-state index is -0.476. The number of benzene rings is 2. The van der Waals surface area contributed by atoms with E-state index >= 15 is 0 Å². The number of nitro benzene ring substituents is 1. The number of nitrogens with zero attached hydrogens (tertiary/aromatic N) is 1. The molecule has 0 aliphatic carbocycles. The molecule has 0 bridgehead atoms. The number of para-hydroxylation sites is 1. The Morgan fingerprint density at radius 1 is 1.25 bits per heavy atom. The zero-order valence-electron chi connectivity index (χ0n) is 10.7. The highest BCUT2D eigenvalue weighted by Gasteiger charge is 2.15. The van der Waals surface area contributed by atoms with Crippen LogP contribution in [-0.4, -0.2) is 4.92 Å². The molecule has 1 atom stereocenters. The molecule has 0 fully saturated rings. The molecule has 0 radical (unpaired) electrons. The number of nitrogens with two attached hydrogens (primary N) is 1. The summed E-state index contributed by atoms with van der Waals surface area (Å²) >= 11 is 1.03. The van der Waals surface area contributed by atoms with Gasteiger partial charge in [-0.15, -0.1) is 0 Å². The highest BCUT2D eigenvalue weighted by molar-refractivity contribution is 7.99. The van der Waals surface area contributed by atoms with Crippen molar-refractivity contribution in [1.82, 2.24) is 0 Å². The summed E-state index contributed by atoms with van der Waals surface area (Å²) in [6, 6.07) is 10.7. The standard InChI is InChI=1S/C14H13FN2O2S/c1-9(16)10-6-7-13(11(15)8-10)20-14-5-3-2-4-12(14)17(18)19/h2-9H,16H2,1H3/t9-/m1/s1. The van der Waals surface area contributed by atoms with Gasteiger partial charge in [0.25, 0.3) is 5.69 Å². The van der Waals surface area contributed by atoms with E-state index in [1.807, 2.05) is 0 Å². The van der Waals surface area contributed by atoms with Crippen LogP contribution < -0.4 is 5.73 Å². The lowest BCUT2D eigenvalue weighted by Crippen LogP contribution is -2.05. The van der Waals surface area contributed by atoms with Crippen LogP contribution in [0.1, 0.15) is 18.5 Å². The Balaban J connectivity index is 2.33. The van der Waals surface area contributed by atoms with Crippen molar-refractivity contribution in [1.29, 1.82) is 0 Å². The van der Waals surface area contributed by atoms with E-state index in [-0.39, 0.29) is 11.7 Å². The molecule has 2 aromatic rings. The van der Waals surface area contributed by atoms with E-state index in [2.05, 4.69) is 0 Å². The Bertz CT molecular complexity index is 647. The average molecular weight is 292 g/mol. The SMILES string of the molecule is C[C@@H](N)c1ccc(Sc2ccccc2[N+](=O)[O-])c(F)c1. The molecule has 0 saturated heterocycles. The van der Waals surface area contributed by atoms with Gasteiger partial charge < -0.3 is 5.73 Å². The second-order valence-electron chi connectivity index (χ2n) is 4.31. The van der Waals surface area contributed by atoms with Crippen molar-refractivity contribution >= 4 is 17.4 Å². The van der Waals surface area contributed by atoms with Gasteiger partial charge in [0.15, 0.2) is 0 Å². The van der Waals surface area contributed by atoms with Crippen LogP contribution in [0.4, 0.5) is 10.1 Å². The highest BCUT2D eigenvalue weighted by Crippen LogP contribution is 2.36. The Hall–Kier alpha value is -1.92. The van der Waals surface area contributed by atoms with Gasteiger partial charge in [0, 0.05) is 17.0 Å². The van der Waals surface area contributed by atoms with E-state index in [1.54, 1.807) is 37.3 Å². The third-order valence-corrected chi connectivity index (χ3v) is 3.88. The summed E-state index contributed by atoms with van der Waals surface area (Å²) in [5.41, 5.74) is 6.34. The minimum absolute atomic E-state index is 0.0341.